The molecule has 24 heteroatoms. The predicted molar refractivity (Wildman–Crippen MR) is 267 cm³/mol. The van der Waals surface area contributed by atoms with E-state index in [2.05, 4.69) is 24.9 Å². The summed E-state index contributed by atoms with van der Waals surface area (Å²) in [4.78, 5) is 51.8. The second-order valence-electron chi connectivity index (χ2n) is 16.2. The molecule has 0 radical (unpaired) electrons. The lowest BCUT2D eigenvalue weighted by molar-refractivity contribution is 0.0193. The Morgan fingerprint density at radius 2 is 1.26 bits per heavy atom. The van der Waals surface area contributed by atoms with Gasteiger partial charge in [-0.05, 0) is 60.7 Å². The van der Waals surface area contributed by atoms with Crippen LogP contribution in [0.25, 0.3) is 33.2 Å². The van der Waals surface area contributed by atoms with Crippen LogP contribution in [-0.2, 0) is 21.5 Å². The zero-order valence-corrected chi connectivity index (χ0v) is 40.9. The van der Waals surface area contributed by atoms with Crippen LogP contribution in [0.15, 0.2) is 138 Å². The fourth-order valence-corrected chi connectivity index (χ4v) is 8.92. The van der Waals surface area contributed by atoms with E-state index in [1.54, 1.807) is 42.6 Å². The lowest BCUT2D eigenvalue weighted by atomic mass is 10.1. The number of pyridine rings is 2. The van der Waals surface area contributed by atoms with Gasteiger partial charge in [0.05, 0.1) is 79.5 Å². The van der Waals surface area contributed by atoms with Crippen molar-refractivity contribution in [3.8, 4) is 34.4 Å². The van der Waals surface area contributed by atoms with E-state index in [0.29, 0.717) is 22.4 Å². The highest BCUT2D eigenvalue weighted by Gasteiger charge is 2.29. The third-order valence-electron chi connectivity index (χ3n) is 11.8. The van der Waals surface area contributed by atoms with E-state index >= 15 is 13.2 Å². The Morgan fingerprint density at radius 1 is 0.649 bits per heavy atom. The highest BCUT2D eigenvalue weighted by atomic mass is 32.2. The number of aromatic nitrogens is 8. The van der Waals surface area contributed by atoms with Crippen LogP contribution in [0.1, 0.15) is 5.82 Å². The maximum Gasteiger partial charge on any atom is 0.308 e. The van der Waals surface area contributed by atoms with Gasteiger partial charge in [-0.3, -0.25) is 28.7 Å². The number of rotatable bonds is 19. The Morgan fingerprint density at radius 3 is 1.85 bits per heavy atom. The molecule has 0 bridgehead atoms. The summed E-state index contributed by atoms with van der Waals surface area (Å²) in [6.45, 7) is -1.38. The Hall–Kier alpha value is -8.87. The molecular formula is C50H44F3N11O9S. The summed E-state index contributed by atoms with van der Waals surface area (Å²) in [6.07, 6.45) is 11.4. The number of anilines is 4. The van der Waals surface area contributed by atoms with E-state index < -0.39 is 51.3 Å². The second kappa shape index (κ2) is 21.1. The molecule has 0 aliphatic carbocycles. The standard InChI is InChI=1S/C50H44F3N11O9S/c1-59(2)74(67,68)64-18-17-56-44(64)27-61(33-9-11-39-37(22-33)50(66)63(29-58-39)34-7-6-14-55-26-34)40-23-35(24-41(69-3)45(40)51)73-30-72-20-19-60(48-46(52)42(70-4)25-43(71-5)47(48)53)32-8-10-38-36(21-32)49(65)62(28-57-38)31-12-15-54-16-13-31/h6-18,21-26,28-29H,19-20,27,30H2,1-5H3. The summed E-state index contributed by atoms with van der Waals surface area (Å²) in [7, 11) is 2.25. The van der Waals surface area contributed by atoms with Gasteiger partial charge in [0.1, 0.15) is 29.9 Å². The molecule has 0 spiro atoms. The van der Waals surface area contributed by atoms with Gasteiger partial charge in [-0.25, -0.2) is 32.1 Å². The van der Waals surface area contributed by atoms with Crippen molar-refractivity contribution >= 4 is 54.8 Å². The number of hydrogen-bond acceptors (Lipinski definition) is 16. The van der Waals surface area contributed by atoms with Gasteiger partial charge in [0.2, 0.25) is 0 Å². The number of hydrogen-bond donors (Lipinski definition) is 0. The minimum atomic E-state index is -4.12. The van der Waals surface area contributed by atoms with Crippen molar-refractivity contribution in [1.82, 2.24) is 42.3 Å². The normalized spacial score (nSPS) is 11.6. The molecule has 0 saturated carbocycles. The lowest BCUT2D eigenvalue weighted by Crippen LogP contribution is -2.31. The summed E-state index contributed by atoms with van der Waals surface area (Å²) in [6, 6.07) is 19.4. The maximum atomic E-state index is 16.8. The van der Waals surface area contributed by atoms with Crippen LogP contribution < -0.4 is 39.9 Å². The first-order chi connectivity index (χ1) is 35.7. The van der Waals surface area contributed by atoms with Crippen LogP contribution in [0.2, 0.25) is 0 Å². The number of halogens is 3. The maximum absolute atomic E-state index is 16.8. The molecule has 74 heavy (non-hydrogen) atoms. The van der Waals surface area contributed by atoms with Crippen molar-refractivity contribution < 1.29 is 45.3 Å². The van der Waals surface area contributed by atoms with Gasteiger partial charge < -0.3 is 33.5 Å². The van der Waals surface area contributed by atoms with Crippen molar-refractivity contribution in [3.05, 3.63) is 173 Å². The number of nitrogens with zero attached hydrogens (tertiary/aromatic N) is 11. The van der Waals surface area contributed by atoms with Crippen molar-refractivity contribution in [3.63, 3.8) is 0 Å². The molecule has 9 aromatic rings. The molecule has 0 N–H and O–H groups in total. The number of benzene rings is 4. The summed E-state index contributed by atoms with van der Waals surface area (Å²) in [5, 5.41) is 0.271. The molecule has 5 aromatic heterocycles. The van der Waals surface area contributed by atoms with E-state index in [1.165, 1.54) is 134 Å². The topological polar surface area (TPSA) is 203 Å². The summed E-state index contributed by atoms with van der Waals surface area (Å²) in [5.74, 6) is -3.98. The van der Waals surface area contributed by atoms with Crippen LogP contribution in [-0.4, -0.2) is 106 Å². The molecule has 0 atom stereocenters. The summed E-state index contributed by atoms with van der Waals surface area (Å²) < 4.78 is 109. The van der Waals surface area contributed by atoms with Gasteiger partial charge in [0, 0.05) is 81.2 Å². The van der Waals surface area contributed by atoms with Gasteiger partial charge in [0.25, 0.3) is 11.1 Å². The van der Waals surface area contributed by atoms with E-state index in [-0.39, 0.29) is 76.4 Å². The SMILES string of the molecule is COc1cc(OCOCCN(c2ccc3ncn(-c4ccncc4)c(=O)c3c2)c2c(F)c(OC)cc(OC)c2F)cc(N(Cc2nccn2S(=O)(=O)N(C)C)c2ccc3ncn(-c4cccnc4)c(=O)c3c2)c1F. The number of methoxy groups -OCH3 is 3. The third-order valence-corrected chi connectivity index (χ3v) is 13.5. The molecule has 0 unspecified atom stereocenters. The van der Waals surface area contributed by atoms with Crippen molar-refractivity contribution in [2.45, 2.75) is 6.54 Å². The number of fused-ring (bicyclic) bond motifs is 2. The molecule has 20 nitrogen and oxygen atoms in total. The third kappa shape index (κ3) is 9.62. The molecular weight excluding hydrogens is 988 g/mol. The molecule has 0 fully saturated rings. The fourth-order valence-electron chi connectivity index (χ4n) is 7.99. The Bertz CT molecular complexity index is 3750. The molecule has 380 valence electrons. The highest BCUT2D eigenvalue weighted by Crippen LogP contribution is 2.41. The molecule has 0 amide bonds. The minimum Gasteiger partial charge on any atom is -0.493 e. The average molecular weight is 1030 g/mol. The van der Waals surface area contributed by atoms with Gasteiger partial charge in [0.15, 0.2) is 41.5 Å². The largest absolute Gasteiger partial charge is 0.493 e. The Labute approximate surface area is 419 Å². The Kier molecular flexibility index (Phi) is 14.3. The highest BCUT2D eigenvalue weighted by molar-refractivity contribution is 7.87. The molecule has 4 aromatic carbocycles. The van der Waals surface area contributed by atoms with E-state index in [1.807, 2.05) is 0 Å². The quantitative estimate of drug-likeness (QED) is 0.0611. The zero-order valence-electron chi connectivity index (χ0n) is 40.1. The second-order valence-corrected chi connectivity index (χ2v) is 18.2. The summed E-state index contributed by atoms with van der Waals surface area (Å²) >= 11 is 0. The zero-order chi connectivity index (χ0) is 52.3. The van der Waals surface area contributed by atoms with Crippen LogP contribution in [0.4, 0.5) is 35.9 Å². The van der Waals surface area contributed by atoms with Crippen LogP contribution in [0.3, 0.4) is 0 Å². The molecule has 0 aliphatic heterocycles. The van der Waals surface area contributed by atoms with E-state index in [9.17, 15) is 18.0 Å². The fraction of sp³-hybridized carbons (Fsp3) is 0.180. The van der Waals surface area contributed by atoms with Crippen molar-refractivity contribution in [1.29, 1.82) is 0 Å². The first-order valence-electron chi connectivity index (χ1n) is 22.3. The summed E-state index contributed by atoms with van der Waals surface area (Å²) in [5.41, 5.74) is 0.274. The van der Waals surface area contributed by atoms with Gasteiger partial charge in [-0.1, -0.05) is 0 Å². The monoisotopic (exact) mass is 1030 g/mol. The first kappa shape index (κ1) is 50.1. The van der Waals surface area contributed by atoms with Crippen LogP contribution >= 0.6 is 0 Å². The van der Waals surface area contributed by atoms with Gasteiger partial charge >= 0.3 is 10.2 Å². The van der Waals surface area contributed by atoms with Crippen molar-refractivity contribution in [2.75, 3.05) is 65.2 Å². The van der Waals surface area contributed by atoms with Crippen LogP contribution in [0.5, 0.6) is 23.0 Å². The Balaban J connectivity index is 1.05. The molecule has 0 aliphatic rings. The molecule has 0 saturated heterocycles. The predicted octanol–water partition coefficient (Wildman–Crippen LogP) is 6.70. The van der Waals surface area contributed by atoms with Crippen molar-refractivity contribution in [2.24, 2.45) is 0 Å². The van der Waals surface area contributed by atoms with Gasteiger partial charge in [-0.2, -0.15) is 12.7 Å². The van der Waals surface area contributed by atoms with E-state index in [4.69, 9.17) is 23.7 Å². The number of imidazole rings is 1. The van der Waals surface area contributed by atoms with Crippen LogP contribution in [0, 0.1) is 17.5 Å². The lowest BCUT2D eigenvalue weighted by Gasteiger charge is -2.28. The van der Waals surface area contributed by atoms with Gasteiger partial charge in [-0.15, -0.1) is 0 Å². The average Bonchev–Trinajstić information content (AvgIpc) is 3.90. The van der Waals surface area contributed by atoms with E-state index in [0.717, 1.165) is 14.3 Å². The number of ether oxygens (including phenoxy) is 5. The minimum absolute atomic E-state index is 0.00729. The smallest absolute Gasteiger partial charge is 0.308 e. The molecule has 5 heterocycles. The first-order valence-corrected chi connectivity index (χ1v) is 23.7. The molecule has 9 rings (SSSR count).